The van der Waals surface area contributed by atoms with Gasteiger partial charge in [0.1, 0.15) is 11.9 Å². The van der Waals surface area contributed by atoms with Gasteiger partial charge in [0.25, 0.3) is 0 Å². The van der Waals surface area contributed by atoms with E-state index in [0.717, 1.165) is 17.3 Å². The molecule has 1 amide bonds. The molecule has 1 aromatic heterocycles. The summed E-state index contributed by atoms with van der Waals surface area (Å²) in [7, 11) is 0. The predicted molar refractivity (Wildman–Crippen MR) is 87.0 cm³/mol. The van der Waals surface area contributed by atoms with Crippen molar-refractivity contribution >= 4 is 11.6 Å². The Labute approximate surface area is 138 Å². The van der Waals surface area contributed by atoms with Crippen LogP contribution in [-0.2, 0) is 11.2 Å². The Morgan fingerprint density at radius 3 is 2.71 bits per heavy atom. The van der Waals surface area contributed by atoms with Crippen LogP contribution >= 0.6 is 0 Å². The molecular formula is C18H13FN4O. The zero-order valence-electron chi connectivity index (χ0n) is 12.6. The van der Waals surface area contributed by atoms with Crippen LogP contribution in [0, 0.1) is 17.1 Å². The van der Waals surface area contributed by atoms with Crippen LogP contribution in [0.25, 0.3) is 5.69 Å². The van der Waals surface area contributed by atoms with Gasteiger partial charge >= 0.3 is 0 Å². The van der Waals surface area contributed by atoms with E-state index in [-0.39, 0.29) is 17.9 Å². The van der Waals surface area contributed by atoms with Gasteiger partial charge in [0, 0.05) is 18.1 Å². The Kier molecular flexibility index (Phi) is 4.34. The average molecular weight is 320 g/mol. The molecule has 0 aliphatic rings. The Hall–Kier alpha value is -3.46. The maximum atomic E-state index is 13.3. The zero-order valence-corrected chi connectivity index (χ0v) is 12.6. The minimum absolute atomic E-state index is 0.101. The lowest BCUT2D eigenvalue weighted by molar-refractivity contribution is -0.115. The number of amides is 1. The quantitative estimate of drug-likeness (QED) is 0.803. The second kappa shape index (κ2) is 6.75. The summed E-state index contributed by atoms with van der Waals surface area (Å²) in [6, 6.07) is 14.9. The van der Waals surface area contributed by atoms with Crippen LogP contribution < -0.4 is 5.32 Å². The standard InChI is InChI=1S/C18H13FN4O/c19-17-7-4-15(11-14(17)12-20)22-18(24)10-13-2-5-16(6-3-13)23-9-1-8-21-23/h1-9,11H,10H2,(H,22,24). The molecule has 6 heteroatoms. The van der Waals surface area contributed by atoms with Crippen molar-refractivity contribution in [2.75, 3.05) is 5.32 Å². The van der Waals surface area contributed by atoms with Gasteiger partial charge in [0.15, 0.2) is 0 Å². The minimum atomic E-state index is -0.607. The van der Waals surface area contributed by atoms with E-state index in [1.807, 2.05) is 36.5 Å². The van der Waals surface area contributed by atoms with Gasteiger partial charge in [0.05, 0.1) is 17.7 Å². The smallest absolute Gasteiger partial charge is 0.228 e. The third-order valence-electron chi connectivity index (χ3n) is 3.44. The highest BCUT2D eigenvalue weighted by molar-refractivity contribution is 5.92. The summed E-state index contributed by atoms with van der Waals surface area (Å²) in [5.74, 6) is -0.845. The highest BCUT2D eigenvalue weighted by atomic mass is 19.1. The summed E-state index contributed by atoms with van der Waals surface area (Å²) in [5.41, 5.74) is 2.04. The van der Waals surface area contributed by atoms with E-state index in [2.05, 4.69) is 10.4 Å². The fraction of sp³-hybridized carbons (Fsp3) is 0.0556. The summed E-state index contributed by atoms with van der Waals surface area (Å²) in [6.07, 6.45) is 3.71. The molecule has 2 aromatic carbocycles. The maximum Gasteiger partial charge on any atom is 0.228 e. The fourth-order valence-corrected chi connectivity index (χ4v) is 2.27. The lowest BCUT2D eigenvalue weighted by Crippen LogP contribution is -2.14. The van der Waals surface area contributed by atoms with E-state index in [0.29, 0.717) is 5.69 Å². The van der Waals surface area contributed by atoms with Crippen molar-refractivity contribution in [1.82, 2.24) is 9.78 Å². The molecule has 1 N–H and O–H groups in total. The van der Waals surface area contributed by atoms with E-state index >= 15 is 0 Å². The van der Waals surface area contributed by atoms with E-state index in [1.165, 1.54) is 12.1 Å². The number of benzene rings is 2. The second-order valence-corrected chi connectivity index (χ2v) is 5.15. The molecule has 0 aliphatic heterocycles. The lowest BCUT2D eigenvalue weighted by Gasteiger charge is -2.07. The van der Waals surface area contributed by atoms with Crippen molar-refractivity contribution in [2.45, 2.75) is 6.42 Å². The zero-order chi connectivity index (χ0) is 16.9. The molecule has 0 aliphatic carbocycles. The first kappa shape index (κ1) is 15.4. The molecule has 24 heavy (non-hydrogen) atoms. The normalized spacial score (nSPS) is 10.2. The monoisotopic (exact) mass is 320 g/mol. The number of aromatic nitrogens is 2. The van der Waals surface area contributed by atoms with Gasteiger partial charge < -0.3 is 5.32 Å². The lowest BCUT2D eigenvalue weighted by atomic mass is 10.1. The van der Waals surface area contributed by atoms with Gasteiger partial charge in [-0.2, -0.15) is 10.4 Å². The van der Waals surface area contributed by atoms with Crippen molar-refractivity contribution in [3.05, 3.63) is 77.9 Å². The molecule has 3 aromatic rings. The van der Waals surface area contributed by atoms with Crippen LogP contribution in [0.5, 0.6) is 0 Å². The first-order valence-electron chi connectivity index (χ1n) is 7.24. The SMILES string of the molecule is N#Cc1cc(NC(=O)Cc2ccc(-n3cccn3)cc2)ccc1F. The summed E-state index contributed by atoms with van der Waals surface area (Å²) in [5, 5.41) is 15.6. The molecule has 0 radical (unpaired) electrons. The van der Waals surface area contributed by atoms with E-state index in [9.17, 15) is 9.18 Å². The van der Waals surface area contributed by atoms with Gasteiger partial charge in [-0.3, -0.25) is 4.79 Å². The number of halogens is 1. The van der Waals surface area contributed by atoms with E-state index < -0.39 is 5.82 Å². The maximum absolute atomic E-state index is 13.3. The number of anilines is 1. The van der Waals surface area contributed by atoms with Gasteiger partial charge in [-0.25, -0.2) is 9.07 Å². The van der Waals surface area contributed by atoms with E-state index in [1.54, 1.807) is 16.9 Å². The molecule has 0 bridgehead atoms. The van der Waals surface area contributed by atoms with Gasteiger partial charge in [-0.1, -0.05) is 12.1 Å². The molecule has 0 unspecified atom stereocenters. The molecule has 0 atom stereocenters. The summed E-state index contributed by atoms with van der Waals surface area (Å²) in [4.78, 5) is 12.1. The molecule has 0 fully saturated rings. The number of carbonyl (C=O) groups is 1. The van der Waals surface area contributed by atoms with Crippen LogP contribution in [0.15, 0.2) is 60.9 Å². The number of rotatable bonds is 4. The number of nitrogens with zero attached hydrogens (tertiary/aromatic N) is 3. The first-order valence-corrected chi connectivity index (χ1v) is 7.24. The average Bonchev–Trinajstić information content (AvgIpc) is 3.12. The second-order valence-electron chi connectivity index (χ2n) is 5.15. The fourth-order valence-electron chi connectivity index (χ4n) is 2.27. The number of hydrogen-bond donors (Lipinski definition) is 1. The number of nitriles is 1. The highest BCUT2D eigenvalue weighted by Crippen LogP contribution is 2.15. The highest BCUT2D eigenvalue weighted by Gasteiger charge is 2.07. The minimum Gasteiger partial charge on any atom is -0.326 e. The number of nitrogens with one attached hydrogen (secondary N) is 1. The van der Waals surface area contributed by atoms with Crippen molar-refractivity contribution in [1.29, 1.82) is 5.26 Å². The Bertz CT molecular complexity index is 896. The van der Waals surface area contributed by atoms with Gasteiger partial charge in [-0.05, 0) is 42.0 Å². The van der Waals surface area contributed by atoms with Crippen molar-refractivity contribution in [2.24, 2.45) is 0 Å². The van der Waals surface area contributed by atoms with Gasteiger partial charge in [-0.15, -0.1) is 0 Å². The largest absolute Gasteiger partial charge is 0.326 e. The van der Waals surface area contributed by atoms with Crippen molar-refractivity contribution in [3.8, 4) is 11.8 Å². The van der Waals surface area contributed by atoms with Crippen LogP contribution in [-0.4, -0.2) is 15.7 Å². The molecule has 0 saturated heterocycles. The van der Waals surface area contributed by atoms with Crippen LogP contribution in [0.2, 0.25) is 0 Å². The van der Waals surface area contributed by atoms with Crippen LogP contribution in [0.3, 0.4) is 0 Å². The van der Waals surface area contributed by atoms with Gasteiger partial charge in [0.2, 0.25) is 5.91 Å². The number of carbonyl (C=O) groups excluding carboxylic acids is 1. The summed E-state index contributed by atoms with van der Waals surface area (Å²) in [6.45, 7) is 0. The predicted octanol–water partition coefficient (Wildman–Crippen LogP) is 3.06. The molecule has 5 nitrogen and oxygen atoms in total. The van der Waals surface area contributed by atoms with Crippen molar-refractivity contribution in [3.63, 3.8) is 0 Å². The Balaban J connectivity index is 1.66. The molecule has 1 heterocycles. The van der Waals surface area contributed by atoms with E-state index in [4.69, 9.17) is 5.26 Å². The summed E-state index contributed by atoms with van der Waals surface area (Å²) < 4.78 is 15.0. The first-order chi connectivity index (χ1) is 11.7. The Morgan fingerprint density at radius 1 is 1.25 bits per heavy atom. The third-order valence-corrected chi connectivity index (χ3v) is 3.44. The molecule has 3 rings (SSSR count). The summed E-state index contributed by atoms with van der Waals surface area (Å²) >= 11 is 0. The third kappa shape index (κ3) is 3.47. The number of hydrogen-bond acceptors (Lipinski definition) is 3. The molecule has 118 valence electrons. The van der Waals surface area contributed by atoms with Crippen LogP contribution in [0.1, 0.15) is 11.1 Å². The molecule has 0 spiro atoms. The Morgan fingerprint density at radius 2 is 2.04 bits per heavy atom. The molecule has 0 saturated carbocycles. The van der Waals surface area contributed by atoms with Crippen LogP contribution in [0.4, 0.5) is 10.1 Å². The molecular weight excluding hydrogens is 307 g/mol. The topological polar surface area (TPSA) is 70.7 Å². The van der Waals surface area contributed by atoms with Crippen molar-refractivity contribution < 1.29 is 9.18 Å².